The number of aryl methyl sites for hydroxylation is 2. The van der Waals surface area contributed by atoms with E-state index in [9.17, 15) is 0 Å². The zero-order valence-corrected chi connectivity index (χ0v) is 11.3. The van der Waals surface area contributed by atoms with Crippen LogP contribution in [-0.2, 0) is 7.05 Å². The van der Waals surface area contributed by atoms with Crippen LogP contribution in [0.1, 0.15) is 5.56 Å². The number of nitrogens with one attached hydrogen (secondary N) is 1. The summed E-state index contributed by atoms with van der Waals surface area (Å²) in [6.45, 7) is 1.97. The van der Waals surface area contributed by atoms with Gasteiger partial charge >= 0.3 is 0 Å². The molecule has 1 aromatic carbocycles. The average Bonchev–Trinajstić information content (AvgIpc) is 2.61. The van der Waals surface area contributed by atoms with Crippen molar-refractivity contribution in [1.29, 1.82) is 0 Å². The van der Waals surface area contributed by atoms with E-state index in [0.717, 1.165) is 26.7 Å². The van der Waals surface area contributed by atoms with E-state index in [1.165, 1.54) is 0 Å². The lowest BCUT2D eigenvalue weighted by Crippen LogP contribution is -1.99. The number of imidazole rings is 1. The molecule has 0 bridgehead atoms. The molecule has 3 nitrogen and oxygen atoms in total. The normalized spacial score (nSPS) is 10.5. The van der Waals surface area contributed by atoms with Gasteiger partial charge in [-0.2, -0.15) is 0 Å². The van der Waals surface area contributed by atoms with Crippen molar-refractivity contribution < 1.29 is 0 Å². The van der Waals surface area contributed by atoms with Crippen molar-refractivity contribution in [1.82, 2.24) is 9.55 Å². The van der Waals surface area contributed by atoms with Gasteiger partial charge in [-0.15, -0.1) is 0 Å². The SMILES string of the molecule is Cc1cc(Br)c(Nc2nccn2C)cc1Cl. The fourth-order valence-electron chi connectivity index (χ4n) is 1.35. The molecule has 2 rings (SSSR count). The van der Waals surface area contributed by atoms with Gasteiger partial charge in [-0.3, -0.25) is 0 Å². The van der Waals surface area contributed by atoms with Crippen molar-refractivity contribution in [3.63, 3.8) is 0 Å². The summed E-state index contributed by atoms with van der Waals surface area (Å²) in [4.78, 5) is 4.19. The van der Waals surface area contributed by atoms with E-state index >= 15 is 0 Å². The minimum Gasteiger partial charge on any atom is -0.325 e. The molecule has 2 aromatic rings. The molecule has 84 valence electrons. The van der Waals surface area contributed by atoms with Crippen LogP contribution in [0.15, 0.2) is 29.0 Å². The second kappa shape index (κ2) is 4.47. The number of aromatic nitrogens is 2. The Morgan fingerprint density at radius 2 is 2.19 bits per heavy atom. The van der Waals surface area contributed by atoms with Crippen molar-refractivity contribution in [2.24, 2.45) is 7.05 Å². The van der Waals surface area contributed by atoms with Gasteiger partial charge in [-0.1, -0.05) is 11.6 Å². The van der Waals surface area contributed by atoms with E-state index in [-0.39, 0.29) is 0 Å². The van der Waals surface area contributed by atoms with Crippen molar-refractivity contribution in [2.45, 2.75) is 6.92 Å². The molecule has 0 spiro atoms. The fraction of sp³-hybridized carbons (Fsp3) is 0.182. The highest BCUT2D eigenvalue weighted by Crippen LogP contribution is 2.30. The summed E-state index contributed by atoms with van der Waals surface area (Å²) in [5.41, 5.74) is 1.95. The zero-order valence-electron chi connectivity index (χ0n) is 8.96. The Bertz CT molecular complexity index is 522. The quantitative estimate of drug-likeness (QED) is 0.912. The molecule has 1 aromatic heterocycles. The number of benzene rings is 1. The van der Waals surface area contributed by atoms with Crippen molar-refractivity contribution in [3.8, 4) is 0 Å². The third-order valence-electron chi connectivity index (χ3n) is 2.32. The van der Waals surface area contributed by atoms with E-state index in [1.807, 2.05) is 36.9 Å². The topological polar surface area (TPSA) is 29.9 Å². The number of anilines is 2. The lowest BCUT2D eigenvalue weighted by atomic mass is 10.2. The Hall–Kier alpha value is -1.00. The van der Waals surface area contributed by atoms with E-state index in [4.69, 9.17) is 11.6 Å². The highest BCUT2D eigenvalue weighted by Gasteiger charge is 2.06. The number of rotatable bonds is 2. The maximum atomic E-state index is 6.08. The van der Waals surface area contributed by atoms with Crippen LogP contribution in [0.3, 0.4) is 0 Å². The summed E-state index contributed by atoms with van der Waals surface area (Å²) >= 11 is 9.57. The lowest BCUT2D eigenvalue weighted by molar-refractivity contribution is 0.924. The molecule has 0 unspecified atom stereocenters. The van der Waals surface area contributed by atoms with Gasteiger partial charge in [-0.25, -0.2) is 4.98 Å². The molecule has 5 heteroatoms. The van der Waals surface area contributed by atoms with E-state index in [2.05, 4.69) is 26.2 Å². The predicted octanol–water partition coefficient (Wildman–Crippen LogP) is 3.89. The Morgan fingerprint density at radius 3 is 2.81 bits per heavy atom. The molecule has 0 saturated carbocycles. The van der Waals surface area contributed by atoms with Crippen molar-refractivity contribution in [3.05, 3.63) is 39.6 Å². The summed E-state index contributed by atoms with van der Waals surface area (Å²) in [5.74, 6) is 0.778. The minimum absolute atomic E-state index is 0.736. The Kier molecular flexibility index (Phi) is 3.21. The minimum atomic E-state index is 0.736. The molecular weight excluding hydrogens is 289 g/mol. The molecule has 0 aliphatic rings. The molecule has 0 saturated heterocycles. The molecule has 1 N–H and O–H groups in total. The third-order valence-corrected chi connectivity index (χ3v) is 3.38. The van der Waals surface area contributed by atoms with Crippen LogP contribution < -0.4 is 5.32 Å². The van der Waals surface area contributed by atoms with Crippen LogP contribution in [0.5, 0.6) is 0 Å². The lowest BCUT2D eigenvalue weighted by Gasteiger charge is -2.10. The molecule has 0 fully saturated rings. The highest BCUT2D eigenvalue weighted by molar-refractivity contribution is 9.10. The fourth-order valence-corrected chi connectivity index (χ4v) is 2.07. The second-order valence-electron chi connectivity index (χ2n) is 3.57. The number of nitrogens with zero attached hydrogens (tertiary/aromatic N) is 2. The van der Waals surface area contributed by atoms with Gasteiger partial charge in [0.1, 0.15) is 0 Å². The molecule has 16 heavy (non-hydrogen) atoms. The Balaban J connectivity index is 2.35. The first-order chi connectivity index (χ1) is 7.58. The molecule has 0 aliphatic heterocycles. The molecule has 0 radical (unpaired) electrons. The van der Waals surface area contributed by atoms with Gasteiger partial charge in [0.05, 0.1) is 5.69 Å². The molecule has 1 heterocycles. The first kappa shape index (κ1) is 11.5. The van der Waals surface area contributed by atoms with Gasteiger partial charge in [-0.05, 0) is 40.5 Å². The van der Waals surface area contributed by atoms with Crippen LogP contribution in [0.2, 0.25) is 5.02 Å². The number of halogens is 2. The Labute approximate surface area is 108 Å². The average molecular weight is 301 g/mol. The van der Waals surface area contributed by atoms with E-state index in [0.29, 0.717) is 0 Å². The van der Waals surface area contributed by atoms with Gasteiger partial charge < -0.3 is 9.88 Å². The smallest absolute Gasteiger partial charge is 0.207 e. The van der Waals surface area contributed by atoms with Crippen molar-refractivity contribution in [2.75, 3.05) is 5.32 Å². The maximum absolute atomic E-state index is 6.08. The van der Waals surface area contributed by atoms with Crippen LogP contribution in [0.25, 0.3) is 0 Å². The standard InChI is InChI=1S/C11H11BrClN3/c1-7-5-8(12)10(6-9(7)13)15-11-14-3-4-16(11)2/h3-6H,1-2H3,(H,14,15). The first-order valence-electron chi connectivity index (χ1n) is 4.78. The van der Waals surface area contributed by atoms with Gasteiger partial charge in [0.25, 0.3) is 0 Å². The molecule has 0 atom stereocenters. The van der Waals surface area contributed by atoms with Crippen LogP contribution in [0, 0.1) is 6.92 Å². The van der Waals surface area contributed by atoms with Crippen LogP contribution >= 0.6 is 27.5 Å². The third kappa shape index (κ3) is 2.23. The number of hydrogen-bond donors (Lipinski definition) is 1. The van der Waals surface area contributed by atoms with E-state index < -0.39 is 0 Å². The summed E-state index contributed by atoms with van der Waals surface area (Å²) in [6, 6.07) is 3.86. The second-order valence-corrected chi connectivity index (χ2v) is 4.83. The highest BCUT2D eigenvalue weighted by atomic mass is 79.9. The first-order valence-corrected chi connectivity index (χ1v) is 5.95. The monoisotopic (exact) mass is 299 g/mol. The van der Waals surface area contributed by atoms with Gasteiger partial charge in [0.15, 0.2) is 0 Å². The van der Waals surface area contributed by atoms with Crippen LogP contribution in [0.4, 0.5) is 11.6 Å². The summed E-state index contributed by atoms with van der Waals surface area (Å²) in [6.07, 6.45) is 3.62. The molecule has 0 amide bonds. The predicted molar refractivity (Wildman–Crippen MR) is 70.4 cm³/mol. The van der Waals surface area contributed by atoms with Gasteiger partial charge in [0.2, 0.25) is 5.95 Å². The summed E-state index contributed by atoms with van der Waals surface area (Å²) in [7, 11) is 1.93. The Morgan fingerprint density at radius 1 is 1.44 bits per heavy atom. The van der Waals surface area contributed by atoms with Crippen molar-refractivity contribution >= 4 is 39.2 Å². The summed E-state index contributed by atoms with van der Waals surface area (Å²) in [5, 5.41) is 3.95. The van der Waals surface area contributed by atoms with Crippen LogP contribution in [-0.4, -0.2) is 9.55 Å². The summed E-state index contributed by atoms with van der Waals surface area (Å²) < 4.78 is 2.87. The number of hydrogen-bond acceptors (Lipinski definition) is 2. The molecule has 0 aliphatic carbocycles. The molecular formula is C11H11BrClN3. The van der Waals surface area contributed by atoms with Gasteiger partial charge in [0, 0.05) is 28.9 Å². The zero-order chi connectivity index (χ0) is 11.7. The maximum Gasteiger partial charge on any atom is 0.207 e. The largest absolute Gasteiger partial charge is 0.325 e. The van der Waals surface area contributed by atoms with E-state index in [1.54, 1.807) is 6.20 Å².